The number of benzene rings is 1. The molecule has 7 heteroatoms. The maximum Gasteiger partial charge on any atom is 0.194 e. The molecule has 0 aliphatic carbocycles. The fourth-order valence-electron chi connectivity index (χ4n) is 3.16. The number of rotatable bonds is 9. The number of ether oxygens (including phenoxy) is 2. The molecule has 1 fully saturated rings. The van der Waals surface area contributed by atoms with Crippen molar-refractivity contribution in [1.82, 2.24) is 15.1 Å². The Labute approximate surface area is 163 Å². The van der Waals surface area contributed by atoms with Crippen LogP contribution in [0.2, 0.25) is 0 Å². The molecule has 1 aliphatic rings. The van der Waals surface area contributed by atoms with Crippen molar-refractivity contribution < 1.29 is 9.47 Å². The highest BCUT2D eigenvalue weighted by molar-refractivity contribution is 5.80. The normalized spacial score (nSPS) is 15.4. The minimum Gasteiger partial charge on any atom is -0.495 e. The Hall–Kier alpha value is -1.99. The van der Waals surface area contributed by atoms with E-state index < -0.39 is 0 Å². The average molecular weight is 378 g/mol. The van der Waals surface area contributed by atoms with Gasteiger partial charge in [-0.05, 0) is 26.1 Å². The first kappa shape index (κ1) is 21.3. The van der Waals surface area contributed by atoms with Gasteiger partial charge >= 0.3 is 0 Å². The molecule has 1 N–H and O–H groups in total. The van der Waals surface area contributed by atoms with Gasteiger partial charge in [0.25, 0.3) is 0 Å². The van der Waals surface area contributed by atoms with E-state index in [2.05, 4.69) is 46.1 Å². The number of nitrogens with one attached hydrogen (secondary N) is 1. The maximum atomic E-state index is 5.51. The molecule has 1 heterocycles. The lowest BCUT2D eigenvalue weighted by atomic mass is 10.2. The topological polar surface area (TPSA) is 52.6 Å². The number of likely N-dealkylation sites (N-methyl/N-ethyl adjacent to an activating group) is 1. The van der Waals surface area contributed by atoms with Crippen molar-refractivity contribution in [2.24, 2.45) is 4.99 Å². The second-order valence-electron chi connectivity index (χ2n) is 6.68. The molecule has 0 aromatic heterocycles. The number of para-hydroxylation sites is 2. The lowest BCUT2D eigenvalue weighted by Crippen LogP contribution is -2.52. The molecule has 0 spiro atoms. The first-order valence-corrected chi connectivity index (χ1v) is 9.78. The molecule has 27 heavy (non-hydrogen) atoms. The van der Waals surface area contributed by atoms with Gasteiger partial charge in [0.1, 0.15) is 5.75 Å². The predicted molar refractivity (Wildman–Crippen MR) is 112 cm³/mol. The van der Waals surface area contributed by atoms with E-state index in [1.807, 2.05) is 12.1 Å². The molecule has 0 radical (unpaired) electrons. The predicted octanol–water partition coefficient (Wildman–Crippen LogP) is 1.36. The highest BCUT2D eigenvalue weighted by Crippen LogP contribution is 2.28. The number of hydrogen-bond acceptors (Lipinski definition) is 5. The second kappa shape index (κ2) is 11.7. The molecule has 0 bridgehead atoms. The van der Waals surface area contributed by atoms with Gasteiger partial charge in [-0.2, -0.15) is 0 Å². The van der Waals surface area contributed by atoms with Crippen LogP contribution in [0.4, 0.5) is 5.69 Å². The van der Waals surface area contributed by atoms with E-state index in [-0.39, 0.29) is 0 Å². The summed E-state index contributed by atoms with van der Waals surface area (Å²) in [5.41, 5.74) is 1.17. The van der Waals surface area contributed by atoms with Crippen LogP contribution in [0.3, 0.4) is 0 Å². The minimum absolute atomic E-state index is 0.755. The third kappa shape index (κ3) is 6.59. The van der Waals surface area contributed by atoms with Crippen LogP contribution in [0.15, 0.2) is 29.3 Å². The molecule has 1 aromatic carbocycles. The van der Waals surface area contributed by atoms with Crippen LogP contribution >= 0.6 is 0 Å². The highest BCUT2D eigenvalue weighted by Gasteiger charge is 2.21. The fraction of sp³-hybridized carbons (Fsp3) is 0.650. The van der Waals surface area contributed by atoms with E-state index in [1.165, 1.54) is 5.69 Å². The molecule has 0 saturated carbocycles. The van der Waals surface area contributed by atoms with Crippen molar-refractivity contribution in [3.63, 3.8) is 0 Å². The van der Waals surface area contributed by atoms with Gasteiger partial charge in [-0.15, -0.1) is 0 Å². The Balaban J connectivity index is 1.89. The Kier molecular flexibility index (Phi) is 9.21. The number of guanidine groups is 1. The van der Waals surface area contributed by atoms with E-state index in [1.54, 1.807) is 14.2 Å². The SMILES string of the molecule is CCNC(=NCCN(C)CCOC)N1CCN(c2ccccc2OC)CC1. The summed E-state index contributed by atoms with van der Waals surface area (Å²) >= 11 is 0. The van der Waals surface area contributed by atoms with Crippen LogP contribution in [0, 0.1) is 0 Å². The van der Waals surface area contributed by atoms with Gasteiger partial charge in [-0.1, -0.05) is 12.1 Å². The van der Waals surface area contributed by atoms with Crippen LogP contribution in [-0.2, 0) is 4.74 Å². The number of nitrogens with zero attached hydrogens (tertiary/aromatic N) is 4. The second-order valence-corrected chi connectivity index (χ2v) is 6.68. The zero-order valence-corrected chi connectivity index (χ0v) is 17.3. The lowest BCUT2D eigenvalue weighted by molar-refractivity contribution is 0.163. The molecule has 1 aliphatic heterocycles. The Morgan fingerprint density at radius 2 is 1.89 bits per heavy atom. The van der Waals surface area contributed by atoms with Gasteiger partial charge in [0.2, 0.25) is 0 Å². The number of aliphatic imine (C=N–C) groups is 1. The lowest BCUT2D eigenvalue weighted by Gasteiger charge is -2.38. The van der Waals surface area contributed by atoms with Gasteiger partial charge in [0, 0.05) is 52.9 Å². The molecule has 0 atom stereocenters. The summed E-state index contributed by atoms with van der Waals surface area (Å²) in [5.74, 6) is 1.95. The van der Waals surface area contributed by atoms with Crippen molar-refractivity contribution in [1.29, 1.82) is 0 Å². The third-order valence-electron chi connectivity index (χ3n) is 4.76. The van der Waals surface area contributed by atoms with Gasteiger partial charge in [-0.3, -0.25) is 4.99 Å². The zero-order valence-electron chi connectivity index (χ0n) is 17.3. The van der Waals surface area contributed by atoms with E-state index in [9.17, 15) is 0 Å². The van der Waals surface area contributed by atoms with E-state index in [4.69, 9.17) is 14.5 Å². The molecule has 0 unspecified atom stereocenters. The molecule has 2 rings (SSSR count). The van der Waals surface area contributed by atoms with Crippen LogP contribution in [0.25, 0.3) is 0 Å². The smallest absolute Gasteiger partial charge is 0.194 e. The monoisotopic (exact) mass is 377 g/mol. The molecule has 0 amide bonds. The van der Waals surface area contributed by atoms with Crippen LogP contribution in [0.5, 0.6) is 5.75 Å². The van der Waals surface area contributed by atoms with Gasteiger partial charge in [0.15, 0.2) is 5.96 Å². The number of anilines is 1. The summed E-state index contributed by atoms with van der Waals surface area (Å²) in [6.07, 6.45) is 0. The Morgan fingerprint density at radius 3 is 2.56 bits per heavy atom. The molecule has 1 saturated heterocycles. The Morgan fingerprint density at radius 1 is 1.15 bits per heavy atom. The van der Waals surface area contributed by atoms with E-state index >= 15 is 0 Å². The van der Waals surface area contributed by atoms with E-state index in [0.717, 1.165) is 70.7 Å². The molecule has 1 aromatic rings. The number of hydrogen-bond donors (Lipinski definition) is 1. The third-order valence-corrected chi connectivity index (χ3v) is 4.76. The van der Waals surface area contributed by atoms with Crippen LogP contribution in [-0.4, -0.2) is 96.0 Å². The van der Waals surface area contributed by atoms with Gasteiger partial charge < -0.3 is 29.5 Å². The van der Waals surface area contributed by atoms with Crippen molar-refractivity contribution in [2.75, 3.05) is 85.1 Å². The van der Waals surface area contributed by atoms with E-state index in [0.29, 0.717) is 0 Å². The van der Waals surface area contributed by atoms with Crippen molar-refractivity contribution in [2.45, 2.75) is 6.92 Å². The van der Waals surface area contributed by atoms with Crippen molar-refractivity contribution in [3.8, 4) is 5.75 Å². The molecule has 7 nitrogen and oxygen atoms in total. The quantitative estimate of drug-likeness (QED) is 0.518. The zero-order chi connectivity index (χ0) is 19.5. The standard InChI is InChI=1S/C20H35N5O2/c1-5-21-20(22-10-11-23(2)16-17-26-3)25-14-12-24(13-15-25)18-8-6-7-9-19(18)27-4/h6-9H,5,10-17H2,1-4H3,(H,21,22). The van der Waals surface area contributed by atoms with Crippen LogP contribution in [0.1, 0.15) is 6.92 Å². The first-order valence-electron chi connectivity index (χ1n) is 9.78. The Bertz CT molecular complexity index is 573. The number of piperazine rings is 1. The fourth-order valence-corrected chi connectivity index (χ4v) is 3.16. The molecular weight excluding hydrogens is 342 g/mol. The summed E-state index contributed by atoms with van der Waals surface area (Å²) in [4.78, 5) is 11.8. The van der Waals surface area contributed by atoms with Gasteiger partial charge in [0.05, 0.1) is 25.9 Å². The van der Waals surface area contributed by atoms with Crippen LogP contribution < -0.4 is 15.0 Å². The minimum atomic E-state index is 0.755. The van der Waals surface area contributed by atoms with Crippen molar-refractivity contribution in [3.05, 3.63) is 24.3 Å². The molecule has 152 valence electrons. The number of methoxy groups -OCH3 is 2. The summed E-state index contributed by atoms with van der Waals surface area (Å²) in [7, 11) is 5.57. The largest absolute Gasteiger partial charge is 0.495 e. The summed E-state index contributed by atoms with van der Waals surface area (Å²) in [5, 5.41) is 3.44. The highest BCUT2D eigenvalue weighted by atomic mass is 16.5. The summed E-state index contributed by atoms with van der Waals surface area (Å²) in [6.45, 7) is 10.2. The first-order chi connectivity index (χ1) is 13.2. The average Bonchev–Trinajstić information content (AvgIpc) is 2.71. The van der Waals surface area contributed by atoms with Gasteiger partial charge in [-0.25, -0.2) is 0 Å². The summed E-state index contributed by atoms with van der Waals surface area (Å²) in [6, 6.07) is 8.23. The maximum absolute atomic E-state index is 5.51. The molecular formula is C20H35N5O2. The van der Waals surface area contributed by atoms with Crippen molar-refractivity contribution >= 4 is 11.6 Å². The summed E-state index contributed by atoms with van der Waals surface area (Å²) < 4.78 is 10.6.